The molecule has 0 fully saturated rings. The van der Waals surface area contributed by atoms with Crippen LogP contribution in [0, 0.1) is 21.4 Å². The molecule has 1 amide bonds. The van der Waals surface area contributed by atoms with Gasteiger partial charge in [-0.2, -0.15) is 5.26 Å². The molecule has 0 heterocycles. The molecule has 3 aromatic carbocycles. The van der Waals surface area contributed by atoms with Crippen LogP contribution in [0.15, 0.2) is 75.2 Å². The van der Waals surface area contributed by atoms with Crippen molar-refractivity contribution in [1.82, 2.24) is 0 Å². The summed E-state index contributed by atoms with van der Waals surface area (Å²) in [5.74, 6) is -0.701. The van der Waals surface area contributed by atoms with E-state index in [4.69, 9.17) is 4.74 Å². The first kappa shape index (κ1) is 24.0. The van der Waals surface area contributed by atoms with Crippen LogP contribution in [0.2, 0.25) is 0 Å². The molecular weight excluding hydrogens is 558 g/mol. The van der Waals surface area contributed by atoms with Crippen LogP contribution in [0.3, 0.4) is 0 Å². The average molecular weight is 573 g/mol. The largest absolute Gasteiger partial charge is 0.506 e. The molecule has 8 nitrogen and oxygen atoms in total. The summed E-state index contributed by atoms with van der Waals surface area (Å²) in [5.41, 5.74) is 0.924. The van der Waals surface area contributed by atoms with E-state index in [9.17, 15) is 25.3 Å². The number of nitro benzene ring substituents is 1. The predicted molar refractivity (Wildman–Crippen MR) is 130 cm³/mol. The van der Waals surface area contributed by atoms with E-state index in [0.29, 0.717) is 26.9 Å². The first-order chi connectivity index (χ1) is 15.8. The molecule has 0 unspecified atom stereocenters. The lowest BCUT2D eigenvalue weighted by atomic mass is 10.1. The zero-order chi connectivity index (χ0) is 24.0. The number of hydrogen-bond donors (Lipinski definition) is 2. The average Bonchev–Trinajstić information content (AvgIpc) is 2.78. The molecule has 3 aromatic rings. The number of phenols is 1. The number of non-ortho nitro benzene ring substituents is 1. The maximum absolute atomic E-state index is 12.5. The Hall–Kier alpha value is -3.68. The van der Waals surface area contributed by atoms with Crippen LogP contribution >= 0.6 is 31.9 Å². The van der Waals surface area contributed by atoms with Crippen molar-refractivity contribution >= 4 is 55.2 Å². The third-order valence-electron chi connectivity index (χ3n) is 4.36. The lowest BCUT2D eigenvalue weighted by Crippen LogP contribution is -2.13. The van der Waals surface area contributed by atoms with Crippen molar-refractivity contribution in [2.75, 3.05) is 5.32 Å². The van der Waals surface area contributed by atoms with Crippen LogP contribution in [0.4, 0.5) is 11.4 Å². The Kier molecular flexibility index (Phi) is 7.82. The second-order valence-corrected chi connectivity index (χ2v) is 8.38. The van der Waals surface area contributed by atoms with Crippen LogP contribution in [0.1, 0.15) is 11.1 Å². The van der Waals surface area contributed by atoms with Crippen molar-refractivity contribution in [3.05, 3.63) is 96.4 Å². The van der Waals surface area contributed by atoms with Crippen LogP contribution in [-0.4, -0.2) is 15.9 Å². The van der Waals surface area contributed by atoms with E-state index < -0.39 is 16.6 Å². The number of hydrogen-bond acceptors (Lipinski definition) is 6. The Morgan fingerprint density at radius 3 is 2.39 bits per heavy atom. The second-order valence-electron chi connectivity index (χ2n) is 6.67. The number of phenolic OH excluding ortho intramolecular Hbond substituents is 1. The van der Waals surface area contributed by atoms with Gasteiger partial charge in [0.05, 0.1) is 25.6 Å². The van der Waals surface area contributed by atoms with Crippen LogP contribution < -0.4 is 10.1 Å². The Morgan fingerprint density at radius 1 is 1.15 bits per heavy atom. The van der Waals surface area contributed by atoms with Gasteiger partial charge in [0.1, 0.15) is 29.7 Å². The molecule has 2 N–H and O–H groups in total. The topological polar surface area (TPSA) is 125 Å². The minimum absolute atomic E-state index is 0.0567. The lowest BCUT2D eigenvalue weighted by Gasteiger charge is -2.12. The molecule has 166 valence electrons. The van der Waals surface area contributed by atoms with Gasteiger partial charge < -0.3 is 15.2 Å². The first-order valence-electron chi connectivity index (χ1n) is 9.35. The maximum atomic E-state index is 12.5. The van der Waals surface area contributed by atoms with Gasteiger partial charge in [-0.15, -0.1) is 0 Å². The summed E-state index contributed by atoms with van der Waals surface area (Å²) in [5, 5.41) is 32.5. The third kappa shape index (κ3) is 6.19. The Labute approximate surface area is 205 Å². The van der Waals surface area contributed by atoms with Crippen LogP contribution in [0.25, 0.3) is 6.08 Å². The number of carbonyl (C=O) groups excluding carboxylic acids is 1. The molecule has 0 aliphatic carbocycles. The Morgan fingerprint density at radius 2 is 1.82 bits per heavy atom. The number of amides is 1. The summed E-state index contributed by atoms with van der Waals surface area (Å²) >= 11 is 6.89. The molecule has 0 aromatic heterocycles. The van der Waals surface area contributed by atoms with Crippen molar-refractivity contribution in [2.24, 2.45) is 0 Å². The number of rotatable bonds is 7. The molecule has 10 heteroatoms. The summed E-state index contributed by atoms with van der Waals surface area (Å²) in [7, 11) is 0. The van der Waals surface area contributed by atoms with Gasteiger partial charge in [-0.3, -0.25) is 14.9 Å². The standard InChI is InChI=1S/C23H15Br2N3O5/c24-18-9-15(10-19(25)22(18)33-13-14-4-2-1-3-5-14)8-16(12-26)23(30)27-20-7-6-17(28(31)32)11-21(20)29/h1-11,29H,13H2,(H,27,30). The highest BCUT2D eigenvalue weighted by molar-refractivity contribution is 9.11. The number of nitro groups is 1. The number of ether oxygens (including phenoxy) is 1. The zero-order valence-electron chi connectivity index (χ0n) is 16.8. The predicted octanol–water partition coefficient (Wildman–Crippen LogP) is 5.95. The highest BCUT2D eigenvalue weighted by atomic mass is 79.9. The van der Waals surface area contributed by atoms with Crippen molar-refractivity contribution in [1.29, 1.82) is 5.26 Å². The third-order valence-corrected chi connectivity index (χ3v) is 5.54. The Bertz CT molecular complexity index is 1260. The quantitative estimate of drug-likeness (QED) is 0.118. The van der Waals surface area contributed by atoms with Gasteiger partial charge >= 0.3 is 0 Å². The highest BCUT2D eigenvalue weighted by Crippen LogP contribution is 2.36. The van der Waals surface area contributed by atoms with Crippen molar-refractivity contribution in [3.8, 4) is 17.6 Å². The first-order valence-corrected chi connectivity index (χ1v) is 10.9. The van der Waals surface area contributed by atoms with Gasteiger partial charge in [0, 0.05) is 6.07 Å². The number of nitriles is 1. The van der Waals surface area contributed by atoms with Gasteiger partial charge in [0.2, 0.25) is 0 Å². The van der Waals surface area contributed by atoms with Crippen molar-refractivity contribution in [2.45, 2.75) is 6.61 Å². The molecule has 0 aliphatic rings. The summed E-state index contributed by atoms with van der Waals surface area (Å²) < 4.78 is 7.10. The van der Waals surface area contributed by atoms with Crippen molar-refractivity contribution < 1.29 is 19.6 Å². The van der Waals surface area contributed by atoms with Crippen LogP contribution in [-0.2, 0) is 11.4 Å². The van der Waals surface area contributed by atoms with Gasteiger partial charge in [-0.25, -0.2) is 0 Å². The number of halogens is 2. The van der Waals surface area contributed by atoms with E-state index in [1.54, 1.807) is 12.1 Å². The summed E-state index contributed by atoms with van der Waals surface area (Å²) in [6, 6.07) is 18.1. The number of nitrogens with zero attached hydrogens (tertiary/aromatic N) is 2. The lowest BCUT2D eigenvalue weighted by molar-refractivity contribution is -0.384. The van der Waals surface area contributed by atoms with Gasteiger partial charge in [-0.1, -0.05) is 30.3 Å². The maximum Gasteiger partial charge on any atom is 0.273 e. The molecule has 0 radical (unpaired) electrons. The van der Waals surface area contributed by atoms with Crippen molar-refractivity contribution in [3.63, 3.8) is 0 Å². The molecule has 0 spiro atoms. The minimum atomic E-state index is -0.779. The Balaban J connectivity index is 1.78. The van der Waals surface area contributed by atoms with Gasteiger partial charge in [0.15, 0.2) is 0 Å². The van der Waals surface area contributed by atoms with Gasteiger partial charge in [0.25, 0.3) is 11.6 Å². The number of aromatic hydroxyl groups is 1. The normalized spacial score (nSPS) is 10.9. The summed E-state index contributed by atoms with van der Waals surface area (Å²) in [6.45, 7) is 0.359. The number of carbonyl (C=O) groups is 1. The highest BCUT2D eigenvalue weighted by Gasteiger charge is 2.16. The van der Waals surface area contributed by atoms with E-state index in [-0.39, 0.29) is 16.9 Å². The molecular formula is C23H15Br2N3O5. The number of anilines is 1. The summed E-state index contributed by atoms with van der Waals surface area (Å²) in [6.07, 6.45) is 1.37. The molecule has 0 atom stereocenters. The smallest absolute Gasteiger partial charge is 0.273 e. The van der Waals surface area contributed by atoms with Crippen LogP contribution in [0.5, 0.6) is 11.5 Å². The fourth-order valence-electron chi connectivity index (χ4n) is 2.77. The van der Waals surface area contributed by atoms with E-state index in [2.05, 4.69) is 37.2 Å². The minimum Gasteiger partial charge on any atom is -0.506 e. The fourth-order valence-corrected chi connectivity index (χ4v) is 4.23. The molecule has 0 bridgehead atoms. The molecule has 0 aliphatic heterocycles. The molecule has 3 rings (SSSR count). The molecule has 33 heavy (non-hydrogen) atoms. The van der Waals surface area contributed by atoms with E-state index >= 15 is 0 Å². The zero-order valence-corrected chi connectivity index (χ0v) is 20.0. The summed E-state index contributed by atoms with van der Waals surface area (Å²) in [4.78, 5) is 22.6. The van der Waals surface area contributed by atoms with E-state index in [1.165, 1.54) is 12.1 Å². The van der Waals surface area contributed by atoms with Gasteiger partial charge in [-0.05, 0) is 67.3 Å². The number of benzene rings is 3. The SMILES string of the molecule is N#CC(=Cc1cc(Br)c(OCc2ccccc2)c(Br)c1)C(=O)Nc1ccc([N+](=O)[O-])cc1O. The van der Waals surface area contributed by atoms with E-state index in [0.717, 1.165) is 17.7 Å². The molecule has 0 saturated carbocycles. The fraction of sp³-hybridized carbons (Fsp3) is 0.0435. The number of nitrogens with one attached hydrogen (secondary N) is 1. The monoisotopic (exact) mass is 571 g/mol. The van der Waals surface area contributed by atoms with E-state index in [1.807, 2.05) is 36.4 Å². The molecule has 0 saturated heterocycles. The second kappa shape index (κ2) is 10.8.